The summed E-state index contributed by atoms with van der Waals surface area (Å²) in [6.07, 6.45) is 3.40. The number of nitro benzene ring substituents is 1. The second-order valence-corrected chi connectivity index (χ2v) is 3.83. The molecule has 0 aliphatic rings. The molecular weight excluding hydrogens is 220 g/mol. The highest BCUT2D eigenvalue weighted by molar-refractivity contribution is 5.76. The van der Waals surface area contributed by atoms with Crippen molar-refractivity contribution < 1.29 is 9.72 Å². The minimum Gasteiger partial charge on any atom is -0.369 e. The maximum Gasteiger partial charge on any atom is 0.272 e. The Balaban J connectivity index is 3.07. The van der Waals surface area contributed by atoms with Crippen LogP contribution in [0.1, 0.15) is 23.1 Å². The summed E-state index contributed by atoms with van der Waals surface area (Å²) in [6.45, 7) is 3.56. The van der Waals surface area contributed by atoms with Crippen molar-refractivity contribution in [1.29, 1.82) is 0 Å². The van der Waals surface area contributed by atoms with Crippen LogP contribution in [-0.2, 0) is 4.79 Å². The SMILES string of the molecule is Cc1cc(C)c([N+](=O)[O-])cc1C=CCC(N)=O. The number of benzene rings is 1. The molecule has 17 heavy (non-hydrogen) atoms. The summed E-state index contributed by atoms with van der Waals surface area (Å²) in [5, 5.41) is 10.8. The Kier molecular flexibility index (Phi) is 3.98. The van der Waals surface area contributed by atoms with E-state index in [2.05, 4.69) is 0 Å². The third-order valence-electron chi connectivity index (χ3n) is 2.40. The monoisotopic (exact) mass is 234 g/mol. The second kappa shape index (κ2) is 5.25. The van der Waals surface area contributed by atoms with Gasteiger partial charge in [0.2, 0.25) is 5.91 Å². The predicted octanol–water partition coefficient (Wildman–Crippen LogP) is 2.10. The average molecular weight is 234 g/mol. The molecule has 0 unspecified atom stereocenters. The number of carbonyl (C=O) groups excluding carboxylic acids is 1. The van der Waals surface area contributed by atoms with Gasteiger partial charge in [0, 0.05) is 18.1 Å². The van der Waals surface area contributed by atoms with Gasteiger partial charge in [0.1, 0.15) is 0 Å². The molecule has 0 saturated carbocycles. The fourth-order valence-electron chi connectivity index (χ4n) is 1.54. The number of hydrogen-bond acceptors (Lipinski definition) is 3. The molecule has 0 aliphatic carbocycles. The standard InChI is InChI=1S/C12H14N2O3/c1-8-6-9(2)11(14(16)17)7-10(8)4-3-5-12(13)15/h3-4,6-7H,5H2,1-2H3,(H2,13,15). The van der Waals surface area contributed by atoms with Gasteiger partial charge in [-0.05, 0) is 31.0 Å². The van der Waals surface area contributed by atoms with Gasteiger partial charge in [-0.15, -0.1) is 0 Å². The van der Waals surface area contributed by atoms with Gasteiger partial charge in [0.05, 0.1) is 4.92 Å². The molecule has 0 atom stereocenters. The molecule has 2 N–H and O–H groups in total. The number of carbonyl (C=O) groups is 1. The van der Waals surface area contributed by atoms with Crippen molar-refractivity contribution in [1.82, 2.24) is 0 Å². The molecule has 0 bridgehead atoms. The highest BCUT2D eigenvalue weighted by Gasteiger charge is 2.11. The minimum atomic E-state index is -0.430. The average Bonchev–Trinajstić information content (AvgIpc) is 2.20. The number of aryl methyl sites for hydroxylation is 2. The fraction of sp³-hybridized carbons (Fsp3) is 0.250. The zero-order valence-electron chi connectivity index (χ0n) is 9.77. The smallest absolute Gasteiger partial charge is 0.272 e. The van der Waals surface area contributed by atoms with Crippen LogP contribution in [0.15, 0.2) is 18.2 Å². The van der Waals surface area contributed by atoms with E-state index in [1.807, 2.05) is 6.92 Å². The predicted molar refractivity (Wildman–Crippen MR) is 65.4 cm³/mol. The van der Waals surface area contributed by atoms with E-state index < -0.39 is 10.8 Å². The van der Waals surface area contributed by atoms with Crippen LogP contribution in [-0.4, -0.2) is 10.8 Å². The molecule has 0 saturated heterocycles. The third-order valence-corrected chi connectivity index (χ3v) is 2.40. The summed E-state index contributed by atoms with van der Waals surface area (Å²) in [4.78, 5) is 20.9. The first-order valence-electron chi connectivity index (χ1n) is 5.12. The Morgan fingerprint density at radius 2 is 2.06 bits per heavy atom. The highest BCUT2D eigenvalue weighted by atomic mass is 16.6. The number of rotatable bonds is 4. The van der Waals surface area contributed by atoms with Crippen LogP contribution < -0.4 is 5.73 Å². The van der Waals surface area contributed by atoms with Crippen LogP contribution in [0.3, 0.4) is 0 Å². The molecule has 1 amide bonds. The Hall–Kier alpha value is -2.17. The molecule has 0 heterocycles. The normalized spacial score (nSPS) is 10.7. The Morgan fingerprint density at radius 3 is 2.59 bits per heavy atom. The van der Waals surface area contributed by atoms with E-state index in [4.69, 9.17) is 5.73 Å². The Labute approximate surface area is 99.1 Å². The first-order chi connectivity index (χ1) is 7.91. The summed E-state index contributed by atoms with van der Waals surface area (Å²) in [5.74, 6) is -0.430. The van der Waals surface area contributed by atoms with E-state index in [0.29, 0.717) is 5.56 Å². The van der Waals surface area contributed by atoms with Crippen molar-refractivity contribution in [2.24, 2.45) is 5.73 Å². The van der Waals surface area contributed by atoms with E-state index in [-0.39, 0.29) is 12.1 Å². The first kappa shape index (κ1) is 12.9. The van der Waals surface area contributed by atoms with Crippen molar-refractivity contribution in [3.8, 4) is 0 Å². The van der Waals surface area contributed by atoms with Gasteiger partial charge in [-0.2, -0.15) is 0 Å². The lowest BCUT2D eigenvalue weighted by molar-refractivity contribution is -0.385. The van der Waals surface area contributed by atoms with Crippen LogP contribution in [0, 0.1) is 24.0 Å². The van der Waals surface area contributed by atoms with Gasteiger partial charge in [-0.25, -0.2) is 0 Å². The van der Waals surface area contributed by atoms with Crippen molar-refractivity contribution in [2.45, 2.75) is 20.3 Å². The maximum absolute atomic E-state index is 10.8. The molecule has 1 aromatic carbocycles. The molecule has 0 spiro atoms. The number of nitrogens with two attached hydrogens (primary N) is 1. The minimum absolute atomic E-state index is 0.0781. The number of hydrogen-bond donors (Lipinski definition) is 1. The van der Waals surface area contributed by atoms with Crippen LogP contribution in [0.4, 0.5) is 5.69 Å². The molecule has 0 aliphatic heterocycles. The molecule has 90 valence electrons. The summed E-state index contributed by atoms with van der Waals surface area (Å²) >= 11 is 0. The molecular formula is C12H14N2O3. The molecule has 0 radical (unpaired) electrons. The molecule has 1 aromatic rings. The number of nitrogens with zero attached hydrogens (tertiary/aromatic N) is 1. The van der Waals surface area contributed by atoms with Gasteiger partial charge in [0.25, 0.3) is 5.69 Å². The van der Waals surface area contributed by atoms with Gasteiger partial charge >= 0.3 is 0 Å². The van der Waals surface area contributed by atoms with Gasteiger partial charge in [-0.3, -0.25) is 14.9 Å². The number of amides is 1. The van der Waals surface area contributed by atoms with Gasteiger partial charge in [-0.1, -0.05) is 12.2 Å². The van der Waals surface area contributed by atoms with Crippen LogP contribution in [0.5, 0.6) is 0 Å². The first-order valence-corrected chi connectivity index (χ1v) is 5.12. The van der Waals surface area contributed by atoms with E-state index in [0.717, 1.165) is 11.1 Å². The number of nitro groups is 1. The van der Waals surface area contributed by atoms with Crippen LogP contribution in [0.25, 0.3) is 6.08 Å². The lowest BCUT2D eigenvalue weighted by Gasteiger charge is -2.03. The largest absolute Gasteiger partial charge is 0.369 e. The van der Waals surface area contributed by atoms with E-state index in [1.165, 1.54) is 6.07 Å². The number of primary amides is 1. The summed E-state index contributed by atoms with van der Waals surface area (Å²) < 4.78 is 0. The lowest BCUT2D eigenvalue weighted by atomic mass is 10.0. The van der Waals surface area contributed by atoms with Crippen molar-refractivity contribution in [2.75, 3.05) is 0 Å². The fourth-order valence-corrected chi connectivity index (χ4v) is 1.54. The third kappa shape index (κ3) is 3.41. The molecule has 1 rings (SSSR count). The maximum atomic E-state index is 10.8. The van der Waals surface area contributed by atoms with Crippen LogP contribution >= 0.6 is 0 Å². The second-order valence-electron chi connectivity index (χ2n) is 3.83. The van der Waals surface area contributed by atoms with Gasteiger partial charge in [0.15, 0.2) is 0 Å². The molecule has 0 aromatic heterocycles. The zero-order chi connectivity index (χ0) is 13.0. The van der Waals surface area contributed by atoms with Crippen molar-refractivity contribution >= 4 is 17.7 Å². The van der Waals surface area contributed by atoms with E-state index in [1.54, 1.807) is 25.1 Å². The zero-order valence-corrected chi connectivity index (χ0v) is 9.77. The Bertz CT molecular complexity index is 493. The lowest BCUT2D eigenvalue weighted by Crippen LogP contribution is -2.07. The molecule has 5 heteroatoms. The van der Waals surface area contributed by atoms with Gasteiger partial charge < -0.3 is 5.73 Å². The topological polar surface area (TPSA) is 86.2 Å². The summed E-state index contributed by atoms with van der Waals surface area (Å²) in [7, 11) is 0. The van der Waals surface area contributed by atoms with Crippen molar-refractivity contribution in [3.63, 3.8) is 0 Å². The quantitative estimate of drug-likeness (QED) is 0.639. The summed E-state index contributed by atoms with van der Waals surface area (Å²) in [5.41, 5.74) is 7.35. The van der Waals surface area contributed by atoms with E-state index in [9.17, 15) is 14.9 Å². The highest BCUT2D eigenvalue weighted by Crippen LogP contribution is 2.23. The summed E-state index contributed by atoms with van der Waals surface area (Å²) in [6, 6.07) is 3.25. The van der Waals surface area contributed by atoms with Crippen LogP contribution in [0.2, 0.25) is 0 Å². The molecule has 0 fully saturated rings. The van der Waals surface area contributed by atoms with E-state index >= 15 is 0 Å². The Morgan fingerprint density at radius 1 is 1.41 bits per heavy atom. The van der Waals surface area contributed by atoms with Crippen molar-refractivity contribution in [3.05, 3.63) is 45.0 Å². The molecule has 5 nitrogen and oxygen atoms in total.